The van der Waals surface area contributed by atoms with E-state index in [0.717, 1.165) is 16.0 Å². The fourth-order valence-corrected chi connectivity index (χ4v) is 4.06. The van der Waals surface area contributed by atoms with Gasteiger partial charge in [0.15, 0.2) is 0 Å². The average molecular weight is 376 g/mol. The van der Waals surface area contributed by atoms with Crippen LogP contribution >= 0.6 is 0 Å². The van der Waals surface area contributed by atoms with Crippen molar-refractivity contribution in [3.05, 3.63) is 65.2 Å². The molecule has 2 aliphatic heterocycles. The summed E-state index contributed by atoms with van der Waals surface area (Å²) >= 11 is 0. The number of phenolic OH excluding ortho intramolecular Hbond substituents is 1. The van der Waals surface area contributed by atoms with Crippen molar-refractivity contribution in [3.63, 3.8) is 0 Å². The monoisotopic (exact) mass is 376 g/mol. The van der Waals surface area contributed by atoms with Gasteiger partial charge in [0.2, 0.25) is 5.91 Å². The number of phenols is 1. The third-order valence-electron chi connectivity index (χ3n) is 5.21. The van der Waals surface area contributed by atoms with Crippen molar-refractivity contribution < 1.29 is 19.5 Å². The van der Waals surface area contributed by atoms with Crippen LogP contribution in [0.3, 0.4) is 0 Å². The van der Waals surface area contributed by atoms with Gasteiger partial charge in [-0.1, -0.05) is 18.2 Å². The van der Waals surface area contributed by atoms with Crippen molar-refractivity contribution in [2.75, 3.05) is 11.4 Å². The highest BCUT2D eigenvalue weighted by Gasteiger charge is 2.41. The predicted molar refractivity (Wildman–Crippen MR) is 105 cm³/mol. The zero-order valence-electron chi connectivity index (χ0n) is 15.9. The van der Waals surface area contributed by atoms with Gasteiger partial charge >= 0.3 is 0 Å². The van der Waals surface area contributed by atoms with Gasteiger partial charge in [0.25, 0.3) is 11.8 Å². The Bertz CT molecular complexity index is 1030. The van der Waals surface area contributed by atoms with E-state index in [2.05, 4.69) is 0 Å². The molecule has 28 heavy (non-hydrogen) atoms. The third kappa shape index (κ3) is 2.60. The van der Waals surface area contributed by atoms with E-state index in [9.17, 15) is 19.5 Å². The van der Waals surface area contributed by atoms with Crippen LogP contribution in [0.1, 0.15) is 47.1 Å². The summed E-state index contributed by atoms with van der Waals surface area (Å²) in [7, 11) is 0. The van der Waals surface area contributed by atoms with Crippen LogP contribution in [-0.4, -0.2) is 39.8 Å². The maximum absolute atomic E-state index is 13.3. The molecule has 2 aromatic rings. The molecular weight excluding hydrogens is 356 g/mol. The summed E-state index contributed by atoms with van der Waals surface area (Å²) < 4.78 is 0. The molecule has 0 spiro atoms. The summed E-state index contributed by atoms with van der Waals surface area (Å²) in [5.41, 5.74) is 2.32. The number of imide groups is 1. The molecule has 6 heteroatoms. The largest absolute Gasteiger partial charge is 0.508 e. The Morgan fingerprint density at radius 3 is 2.21 bits per heavy atom. The topological polar surface area (TPSA) is 77.9 Å². The first-order chi connectivity index (χ1) is 13.2. The molecule has 0 bridgehead atoms. The van der Waals surface area contributed by atoms with E-state index >= 15 is 0 Å². The van der Waals surface area contributed by atoms with E-state index in [1.807, 2.05) is 26.8 Å². The lowest BCUT2D eigenvalue weighted by Crippen LogP contribution is -2.53. The summed E-state index contributed by atoms with van der Waals surface area (Å²) in [4.78, 5) is 41.1. The van der Waals surface area contributed by atoms with E-state index in [1.165, 1.54) is 6.07 Å². The van der Waals surface area contributed by atoms with Gasteiger partial charge < -0.3 is 10.0 Å². The van der Waals surface area contributed by atoms with Crippen LogP contribution in [0.2, 0.25) is 0 Å². The van der Waals surface area contributed by atoms with Crippen molar-refractivity contribution in [1.82, 2.24) is 4.90 Å². The van der Waals surface area contributed by atoms with Gasteiger partial charge in [-0.25, -0.2) is 0 Å². The Labute approximate surface area is 162 Å². The molecule has 0 unspecified atom stereocenters. The zero-order valence-corrected chi connectivity index (χ0v) is 15.9. The van der Waals surface area contributed by atoms with Crippen molar-refractivity contribution in [2.45, 2.75) is 26.3 Å². The second-order valence-corrected chi connectivity index (χ2v) is 7.65. The molecule has 142 valence electrons. The number of benzene rings is 2. The molecular formula is C22H20N2O4. The smallest absolute Gasteiger partial charge is 0.262 e. The van der Waals surface area contributed by atoms with Gasteiger partial charge in [-0.15, -0.1) is 0 Å². The van der Waals surface area contributed by atoms with Crippen molar-refractivity contribution in [3.8, 4) is 5.75 Å². The molecule has 0 aromatic heterocycles. The molecule has 0 atom stereocenters. The average Bonchev–Trinajstić information content (AvgIpc) is 2.87. The fraction of sp³-hybridized carbons (Fsp3) is 0.227. The molecule has 0 saturated carbocycles. The highest BCUT2D eigenvalue weighted by Crippen LogP contribution is 2.40. The quantitative estimate of drug-likeness (QED) is 0.817. The Hall–Kier alpha value is -3.41. The first-order valence-electron chi connectivity index (χ1n) is 9.02. The fourth-order valence-electron chi connectivity index (χ4n) is 4.06. The van der Waals surface area contributed by atoms with Crippen LogP contribution in [0.25, 0.3) is 5.57 Å². The Kier molecular flexibility index (Phi) is 3.89. The minimum absolute atomic E-state index is 0.110. The molecule has 0 aliphatic carbocycles. The summed E-state index contributed by atoms with van der Waals surface area (Å²) in [6.45, 7) is 5.37. The number of fused-ring (bicyclic) bond motifs is 2. The van der Waals surface area contributed by atoms with E-state index < -0.39 is 17.4 Å². The number of hydrogen-bond donors (Lipinski definition) is 1. The van der Waals surface area contributed by atoms with Crippen molar-refractivity contribution >= 4 is 29.0 Å². The minimum atomic E-state index is -0.649. The van der Waals surface area contributed by atoms with Crippen molar-refractivity contribution in [1.29, 1.82) is 0 Å². The first kappa shape index (κ1) is 18.0. The standard InChI is InChI=1S/C22H20N2O4/c1-13-11-22(2,3)24(18-9-8-14(25)10-17(13)18)19(26)12-23-20(27)15-6-4-5-7-16(15)21(23)28/h4-11,25H,12H2,1-3H3. The van der Waals surface area contributed by atoms with Gasteiger partial charge in [0, 0.05) is 5.56 Å². The van der Waals surface area contributed by atoms with Gasteiger partial charge in [-0.3, -0.25) is 19.3 Å². The van der Waals surface area contributed by atoms with Crippen LogP contribution in [-0.2, 0) is 4.79 Å². The second-order valence-electron chi connectivity index (χ2n) is 7.65. The molecule has 4 rings (SSSR count). The van der Waals surface area contributed by atoms with Crippen LogP contribution in [0.4, 0.5) is 5.69 Å². The number of nitrogens with zero attached hydrogens (tertiary/aromatic N) is 2. The van der Waals surface area contributed by atoms with E-state index in [-0.39, 0.29) is 18.2 Å². The highest BCUT2D eigenvalue weighted by atomic mass is 16.3. The van der Waals surface area contributed by atoms with Crippen molar-refractivity contribution in [2.24, 2.45) is 0 Å². The Morgan fingerprint density at radius 2 is 1.61 bits per heavy atom. The van der Waals surface area contributed by atoms with Crippen LogP contribution < -0.4 is 4.90 Å². The number of allylic oxidation sites excluding steroid dienone is 1. The first-order valence-corrected chi connectivity index (χ1v) is 9.02. The van der Waals surface area contributed by atoms with E-state index in [0.29, 0.717) is 16.8 Å². The number of rotatable bonds is 2. The Morgan fingerprint density at radius 1 is 1.00 bits per heavy atom. The normalized spacial score (nSPS) is 17.3. The lowest BCUT2D eigenvalue weighted by molar-refractivity contribution is -0.119. The number of carbonyl (C=O) groups excluding carboxylic acids is 3. The predicted octanol–water partition coefficient (Wildman–Crippen LogP) is 3.22. The van der Waals surface area contributed by atoms with Crippen LogP contribution in [0.15, 0.2) is 48.5 Å². The molecule has 0 radical (unpaired) electrons. The van der Waals surface area contributed by atoms with Crippen LogP contribution in [0, 0.1) is 0 Å². The van der Waals surface area contributed by atoms with Gasteiger partial charge in [-0.05, 0) is 56.7 Å². The molecule has 2 heterocycles. The number of carbonyl (C=O) groups is 3. The van der Waals surface area contributed by atoms with E-state index in [4.69, 9.17) is 0 Å². The molecule has 3 amide bonds. The number of hydrogen-bond acceptors (Lipinski definition) is 4. The van der Waals surface area contributed by atoms with Gasteiger partial charge in [-0.2, -0.15) is 0 Å². The summed E-state index contributed by atoms with van der Waals surface area (Å²) in [6, 6.07) is 11.4. The van der Waals surface area contributed by atoms with Crippen LogP contribution in [0.5, 0.6) is 5.75 Å². The second kappa shape index (κ2) is 6.05. The Balaban J connectivity index is 1.69. The minimum Gasteiger partial charge on any atom is -0.508 e. The molecule has 1 N–H and O–H groups in total. The molecule has 6 nitrogen and oxygen atoms in total. The highest BCUT2D eigenvalue weighted by molar-refractivity contribution is 6.23. The molecule has 2 aliphatic rings. The lowest BCUT2D eigenvalue weighted by atomic mass is 9.88. The maximum Gasteiger partial charge on any atom is 0.262 e. The third-order valence-corrected chi connectivity index (χ3v) is 5.21. The van der Waals surface area contributed by atoms with Gasteiger partial charge in [0.05, 0.1) is 22.4 Å². The summed E-state index contributed by atoms with van der Waals surface area (Å²) in [6.07, 6.45) is 1.94. The lowest BCUT2D eigenvalue weighted by Gasteiger charge is -2.42. The maximum atomic E-state index is 13.3. The number of amides is 3. The number of aromatic hydroxyl groups is 1. The molecule has 0 saturated heterocycles. The van der Waals surface area contributed by atoms with Gasteiger partial charge in [0.1, 0.15) is 12.3 Å². The van der Waals surface area contributed by atoms with E-state index in [1.54, 1.807) is 41.3 Å². The summed E-state index contributed by atoms with van der Waals surface area (Å²) in [5.74, 6) is -1.17. The molecule has 2 aromatic carbocycles. The SMILES string of the molecule is CC1=CC(C)(C)N(C(=O)CN2C(=O)c3ccccc3C2=O)c2ccc(O)cc21. The summed E-state index contributed by atoms with van der Waals surface area (Å²) in [5, 5.41) is 9.83. The number of anilines is 1. The molecule has 0 fully saturated rings. The zero-order chi connectivity index (χ0) is 20.2.